The number of imide groups is 1. The number of rotatable bonds is 11. The second-order valence-corrected chi connectivity index (χ2v) is 9.49. The van der Waals surface area contributed by atoms with Crippen molar-refractivity contribution >= 4 is 34.1 Å². The molecule has 0 aromatic heterocycles. The van der Waals surface area contributed by atoms with Crippen LogP contribution in [0, 0.1) is 12.8 Å². The van der Waals surface area contributed by atoms with Crippen LogP contribution in [-0.4, -0.2) is 37.6 Å². The average Bonchev–Trinajstić information content (AvgIpc) is 2.78. The molecule has 0 fully saturated rings. The Kier molecular flexibility index (Phi) is 10.2. The summed E-state index contributed by atoms with van der Waals surface area (Å²) in [4.78, 5) is 29.0. The fourth-order valence-electron chi connectivity index (χ4n) is 4.04. The van der Waals surface area contributed by atoms with Crippen LogP contribution in [0.2, 0.25) is 0 Å². The number of amides is 3. The first-order valence-corrected chi connectivity index (χ1v) is 12.1. The van der Waals surface area contributed by atoms with Gasteiger partial charge in [0.05, 0.1) is 20.8 Å². The molecule has 6 nitrogen and oxygen atoms in total. The van der Waals surface area contributed by atoms with E-state index in [9.17, 15) is 9.59 Å². The lowest BCUT2D eigenvalue weighted by Gasteiger charge is -2.36. The monoisotopic (exact) mass is 518 g/mol. The molecule has 2 aromatic rings. The van der Waals surface area contributed by atoms with Gasteiger partial charge in [-0.15, -0.1) is 0 Å². The van der Waals surface area contributed by atoms with E-state index in [1.807, 2.05) is 31.2 Å². The normalized spacial score (nSPS) is 11.8. The quantitative estimate of drug-likeness (QED) is 0.315. The Hall–Kier alpha value is -2.54. The SMILES string of the molecule is CCCC(CC(C)C)N(C(=O)N(C=O)Cc1ccc(OC)c(OC)c1)c1ccc(Br)cc1C. The van der Waals surface area contributed by atoms with E-state index in [2.05, 4.69) is 36.7 Å². The molecule has 0 N–H and O–H groups in total. The lowest BCUT2D eigenvalue weighted by Crippen LogP contribution is -2.48. The summed E-state index contributed by atoms with van der Waals surface area (Å²) >= 11 is 3.51. The van der Waals surface area contributed by atoms with Gasteiger partial charge in [0.25, 0.3) is 0 Å². The number of carbonyl (C=O) groups excluding carboxylic acids is 2. The van der Waals surface area contributed by atoms with Crippen LogP contribution in [0.4, 0.5) is 10.5 Å². The van der Waals surface area contributed by atoms with Crippen LogP contribution >= 0.6 is 15.9 Å². The number of aryl methyl sites for hydroxylation is 1. The lowest BCUT2D eigenvalue weighted by molar-refractivity contribution is -0.116. The van der Waals surface area contributed by atoms with E-state index < -0.39 is 0 Å². The van der Waals surface area contributed by atoms with Crippen molar-refractivity contribution in [2.45, 2.75) is 59.5 Å². The molecule has 0 aliphatic heterocycles. The molecule has 33 heavy (non-hydrogen) atoms. The van der Waals surface area contributed by atoms with E-state index in [1.54, 1.807) is 31.3 Å². The average molecular weight is 519 g/mol. The highest BCUT2D eigenvalue weighted by Gasteiger charge is 2.30. The maximum Gasteiger partial charge on any atom is 0.331 e. The number of halogens is 1. The predicted octanol–water partition coefficient (Wildman–Crippen LogP) is 6.57. The van der Waals surface area contributed by atoms with Crippen molar-refractivity contribution in [3.05, 3.63) is 52.0 Å². The van der Waals surface area contributed by atoms with Gasteiger partial charge in [0.15, 0.2) is 11.5 Å². The summed E-state index contributed by atoms with van der Waals surface area (Å²) in [5.41, 5.74) is 2.57. The van der Waals surface area contributed by atoms with Gasteiger partial charge >= 0.3 is 6.03 Å². The molecule has 0 saturated heterocycles. The van der Waals surface area contributed by atoms with E-state index >= 15 is 0 Å². The van der Waals surface area contributed by atoms with Crippen LogP contribution < -0.4 is 14.4 Å². The highest BCUT2D eigenvalue weighted by Crippen LogP contribution is 2.31. The number of ether oxygens (including phenoxy) is 2. The summed E-state index contributed by atoms with van der Waals surface area (Å²) < 4.78 is 11.6. The highest BCUT2D eigenvalue weighted by molar-refractivity contribution is 9.10. The molecule has 2 rings (SSSR count). The van der Waals surface area contributed by atoms with Crippen molar-refractivity contribution in [1.29, 1.82) is 0 Å². The zero-order chi connectivity index (χ0) is 24.5. The molecule has 0 saturated carbocycles. The Morgan fingerprint density at radius 1 is 1.09 bits per heavy atom. The zero-order valence-corrected chi connectivity index (χ0v) is 22.0. The number of anilines is 1. The number of hydrogen-bond donors (Lipinski definition) is 0. The van der Waals surface area contributed by atoms with Gasteiger partial charge in [-0.1, -0.05) is 49.2 Å². The molecule has 7 heteroatoms. The molecule has 0 heterocycles. The van der Waals surface area contributed by atoms with Crippen LogP contribution in [0.1, 0.15) is 51.2 Å². The van der Waals surface area contributed by atoms with Gasteiger partial charge < -0.3 is 9.47 Å². The Labute approximate surface area is 206 Å². The Balaban J connectivity index is 2.47. The van der Waals surface area contributed by atoms with Gasteiger partial charge in [0.2, 0.25) is 6.41 Å². The molecule has 180 valence electrons. The molecule has 3 amide bonds. The van der Waals surface area contributed by atoms with Crippen molar-refractivity contribution < 1.29 is 19.1 Å². The summed E-state index contributed by atoms with van der Waals surface area (Å²) in [5, 5.41) is 0. The Morgan fingerprint density at radius 2 is 1.79 bits per heavy atom. The van der Waals surface area contributed by atoms with Gasteiger partial charge in [0.1, 0.15) is 0 Å². The standard InChI is InChI=1S/C26H35BrN2O4/c1-7-8-22(13-18(2)3)29(23-11-10-21(27)14-19(23)4)26(31)28(17-30)16-20-9-12-24(32-5)25(15-20)33-6/h9-12,14-15,17-18,22H,7-8,13,16H2,1-6H3. The molecular weight excluding hydrogens is 484 g/mol. The topological polar surface area (TPSA) is 59.1 Å². The second-order valence-electron chi connectivity index (χ2n) is 8.58. The first-order chi connectivity index (χ1) is 15.7. The fraction of sp³-hybridized carbons (Fsp3) is 0.462. The highest BCUT2D eigenvalue weighted by atomic mass is 79.9. The minimum absolute atomic E-state index is 0.0183. The van der Waals surface area contributed by atoms with E-state index in [1.165, 1.54) is 4.90 Å². The van der Waals surface area contributed by atoms with Crippen molar-refractivity contribution in [2.24, 2.45) is 5.92 Å². The van der Waals surface area contributed by atoms with Crippen molar-refractivity contribution in [3.63, 3.8) is 0 Å². The largest absolute Gasteiger partial charge is 0.493 e. The number of urea groups is 1. The molecule has 0 radical (unpaired) electrons. The smallest absolute Gasteiger partial charge is 0.331 e. The maximum absolute atomic E-state index is 13.8. The summed E-state index contributed by atoms with van der Waals surface area (Å²) in [5.74, 6) is 1.55. The molecular formula is C26H35BrN2O4. The maximum atomic E-state index is 13.8. The lowest BCUT2D eigenvalue weighted by atomic mass is 9.97. The van der Waals surface area contributed by atoms with Gasteiger partial charge in [-0.25, -0.2) is 4.79 Å². The third kappa shape index (κ3) is 6.97. The van der Waals surface area contributed by atoms with Crippen molar-refractivity contribution in [1.82, 2.24) is 4.90 Å². The third-order valence-electron chi connectivity index (χ3n) is 5.53. The summed E-state index contributed by atoms with van der Waals surface area (Å²) in [6, 6.07) is 10.9. The minimum atomic E-state index is -0.329. The Morgan fingerprint density at radius 3 is 2.33 bits per heavy atom. The van der Waals surface area contributed by atoms with Gasteiger partial charge in [-0.05, 0) is 67.1 Å². The predicted molar refractivity (Wildman–Crippen MR) is 136 cm³/mol. The van der Waals surface area contributed by atoms with E-state index in [4.69, 9.17) is 9.47 Å². The molecule has 2 aromatic carbocycles. The number of benzene rings is 2. The molecule has 0 spiro atoms. The van der Waals surface area contributed by atoms with Crippen molar-refractivity contribution in [3.8, 4) is 11.5 Å². The summed E-state index contributed by atoms with van der Waals surface area (Å²) in [6.07, 6.45) is 3.24. The zero-order valence-electron chi connectivity index (χ0n) is 20.4. The first-order valence-electron chi connectivity index (χ1n) is 11.3. The molecule has 0 bridgehead atoms. The number of nitrogens with zero attached hydrogens (tertiary/aromatic N) is 2. The molecule has 0 aliphatic carbocycles. The number of hydrogen-bond acceptors (Lipinski definition) is 4. The van der Waals surface area contributed by atoms with Crippen LogP contribution in [0.25, 0.3) is 0 Å². The number of methoxy groups -OCH3 is 2. The van der Waals surface area contributed by atoms with Gasteiger partial charge in [0, 0.05) is 16.2 Å². The first kappa shape index (κ1) is 26.7. The third-order valence-corrected chi connectivity index (χ3v) is 6.02. The van der Waals surface area contributed by atoms with Gasteiger partial charge in [-0.3, -0.25) is 14.6 Å². The van der Waals surface area contributed by atoms with Crippen LogP contribution in [0.3, 0.4) is 0 Å². The van der Waals surface area contributed by atoms with Crippen molar-refractivity contribution in [2.75, 3.05) is 19.1 Å². The summed E-state index contributed by atoms with van der Waals surface area (Å²) in [7, 11) is 3.13. The van der Waals surface area contributed by atoms with E-state index in [0.29, 0.717) is 23.8 Å². The van der Waals surface area contributed by atoms with Crippen LogP contribution in [0.15, 0.2) is 40.9 Å². The van der Waals surface area contributed by atoms with Crippen LogP contribution in [0.5, 0.6) is 11.5 Å². The minimum Gasteiger partial charge on any atom is -0.493 e. The fourth-order valence-corrected chi connectivity index (χ4v) is 4.51. The molecule has 0 aliphatic rings. The molecule has 1 atom stereocenters. The van der Waals surface area contributed by atoms with E-state index in [0.717, 1.165) is 40.5 Å². The summed E-state index contributed by atoms with van der Waals surface area (Å²) in [6.45, 7) is 8.54. The second kappa shape index (κ2) is 12.6. The number of carbonyl (C=O) groups is 2. The Bertz CT molecular complexity index is 948. The van der Waals surface area contributed by atoms with E-state index in [-0.39, 0.29) is 18.6 Å². The van der Waals surface area contributed by atoms with Crippen LogP contribution in [-0.2, 0) is 11.3 Å². The molecule has 1 unspecified atom stereocenters. The van der Waals surface area contributed by atoms with Gasteiger partial charge in [-0.2, -0.15) is 0 Å².